The maximum Gasteiger partial charge on any atom is 0.318 e. The third-order valence-electron chi connectivity index (χ3n) is 2.70. The first kappa shape index (κ1) is 16.9. The van der Waals surface area contributed by atoms with E-state index in [2.05, 4.69) is 0 Å². The average molecular weight is 315 g/mol. The van der Waals surface area contributed by atoms with Crippen LogP contribution in [0, 0.1) is 13.8 Å². The lowest BCUT2D eigenvalue weighted by molar-refractivity contribution is -0.126. The zero-order valence-corrected chi connectivity index (χ0v) is 12.7. The normalized spacial score (nSPS) is 12.6. The van der Waals surface area contributed by atoms with E-state index in [-0.39, 0.29) is 4.90 Å². The van der Waals surface area contributed by atoms with Gasteiger partial charge in [-0.25, -0.2) is 18.4 Å². The van der Waals surface area contributed by atoms with E-state index in [1.807, 2.05) is 5.32 Å². The lowest BCUT2D eigenvalue weighted by Crippen LogP contribution is -2.42. The summed E-state index contributed by atoms with van der Waals surface area (Å²) in [6.07, 6.45) is -0.976. The molecule has 0 aromatic heterocycles. The summed E-state index contributed by atoms with van der Waals surface area (Å²) in [6.45, 7) is 4.60. The fourth-order valence-electron chi connectivity index (χ4n) is 1.66. The van der Waals surface area contributed by atoms with Crippen LogP contribution in [0.4, 0.5) is 4.79 Å². The van der Waals surface area contributed by atoms with E-state index in [1.54, 1.807) is 13.8 Å². The summed E-state index contributed by atoms with van der Waals surface area (Å²) in [4.78, 5) is 22.1. The summed E-state index contributed by atoms with van der Waals surface area (Å²) in [7, 11) is -3.83. The van der Waals surface area contributed by atoms with Crippen molar-refractivity contribution < 1.29 is 22.7 Å². The van der Waals surface area contributed by atoms with Crippen LogP contribution in [0.25, 0.3) is 0 Å². The first-order chi connectivity index (χ1) is 9.52. The van der Waals surface area contributed by atoms with Gasteiger partial charge in [-0.1, -0.05) is 0 Å². The molecule has 5 N–H and O–H groups in total. The minimum absolute atomic E-state index is 0.0124. The molecular weight excluding hydrogens is 298 g/mol. The van der Waals surface area contributed by atoms with Crippen LogP contribution in [0.15, 0.2) is 17.0 Å². The highest BCUT2D eigenvalue weighted by Crippen LogP contribution is 2.26. The van der Waals surface area contributed by atoms with Gasteiger partial charge in [-0.15, -0.1) is 0 Å². The summed E-state index contributed by atoms with van der Waals surface area (Å²) >= 11 is 0. The van der Waals surface area contributed by atoms with Crippen LogP contribution in [0.2, 0.25) is 0 Å². The van der Waals surface area contributed by atoms with Gasteiger partial charge in [0.25, 0.3) is 5.91 Å². The highest BCUT2D eigenvalue weighted by atomic mass is 32.2. The highest BCUT2D eigenvalue weighted by Gasteiger charge is 2.19. The molecular formula is C12H17N3O5S. The predicted octanol–water partition coefficient (Wildman–Crippen LogP) is -0.0870. The zero-order valence-electron chi connectivity index (χ0n) is 11.8. The molecule has 21 heavy (non-hydrogen) atoms. The average Bonchev–Trinajstić information content (AvgIpc) is 2.30. The zero-order chi connectivity index (χ0) is 16.4. The number of benzene rings is 1. The van der Waals surface area contributed by atoms with Crippen molar-refractivity contribution in [3.05, 3.63) is 23.3 Å². The van der Waals surface area contributed by atoms with Crippen LogP contribution >= 0.6 is 0 Å². The van der Waals surface area contributed by atoms with Gasteiger partial charge < -0.3 is 10.5 Å². The van der Waals surface area contributed by atoms with Crippen molar-refractivity contribution in [1.82, 2.24) is 5.32 Å². The molecule has 0 saturated heterocycles. The first-order valence-corrected chi connectivity index (χ1v) is 7.48. The summed E-state index contributed by atoms with van der Waals surface area (Å²) in [5, 5.41) is 6.99. The van der Waals surface area contributed by atoms with Gasteiger partial charge in [0.1, 0.15) is 5.75 Å². The number of primary sulfonamides is 1. The quantitative estimate of drug-likeness (QED) is 0.712. The van der Waals surface area contributed by atoms with E-state index in [9.17, 15) is 18.0 Å². The molecule has 0 saturated carbocycles. The summed E-state index contributed by atoms with van der Waals surface area (Å²) in [5.74, 6) is -0.387. The molecule has 3 amide bonds. The molecule has 0 radical (unpaired) electrons. The van der Waals surface area contributed by atoms with Crippen molar-refractivity contribution in [2.75, 3.05) is 0 Å². The van der Waals surface area contributed by atoms with Crippen molar-refractivity contribution in [2.45, 2.75) is 31.8 Å². The number of nitrogens with one attached hydrogen (secondary N) is 1. The molecule has 1 rings (SSSR count). The lowest BCUT2D eigenvalue weighted by Gasteiger charge is -2.17. The minimum Gasteiger partial charge on any atom is -0.481 e. The molecule has 0 aliphatic carbocycles. The number of nitrogens with two attached hydrogens (primary N) is 2. The van der Waals surface area contributed by atoms with Gasteiger partial charge >= 0.3 is 6.03 Å². The first-order valence-electron chi connectivity index (χ1n) is 5.93. The maximum absolute atomic E-state index is 11.5. The van der Waals surface area contributed by atoms with Gasteiger partial charge in [0.05, 0.1) is 4.90 Å². The fraction of sp³-hybridized carbons (Fsp3) is 0.333. The molecule has 8 nitrogen and oxygen atoms in total. The van der Waals surface area contributed by atoms with Gasteiger partial charge in [-0.3, -0.25) is 10.1 Å². The molecule has 0 bridgehead atoms. The Balaban J connectivity index is 3.03. The lowest BCUT2D eigenvalue weighted by atomic mass is 10.1. The van der Waals surface area contributed by atoms with Gasteiger partial charge in [0.2, 0.25) is 10.0 Å². The van der Waals surface area contributed by atoms with E-state index in [0.717, 1.165) is 0 Å². The van der Waals surface area contributed by atoms with Crippen LogP contribution in [-0.2, 0) is 14.8 Å². The molecule has 0 fully saturated rings. The van der Waals surface area contributed by atoms with Crippen molar-refractivity contribution in [3.63, 3.8) is 0 Å². The number of imide groups is 1. The summed E-state index contributed by atoms with van der Waals surface area (Å²) in [5.41, 5.74) is 5.72. The van der Waals surface area contributed by atoms with Crippen molar-refractivity contribution >= 4 is 22.0 Å². The number of hydrogen-bond donors (Lipinski definition) is 3. The van der Waals surface area contributed by atoms with E-state index >= 15 is 0 Å². The van der Waals surface area contributed by atoms with E-state index in [0.29, 0.717) is 16.9 Å². The fourth-order valence-corrected chi connectivity index (χ4v) is 2.51. The largest absolute Gasteiger partial charge is 0.481 e. The number of urea groups is 1. The van der Waals surface area contributed by atoms with Crippen LogP contribution in [0.1, 0.15) is 18.1 Å². The Morgan fingerprint density at radius 3 is 2.29 bits per heavy atom. The Bertz CT molecular complexity index is 684. The second-order valence-electron chi connectivity index (χ2n) is 4.54. The van der Waals surface area contributed by atoms with Crippen molar-refractivity contribution in [1.29, 1.82) is 0 Å². The molecule has 0 heterocycles. The molecule has 1 aromatic carbocycles. The molecule has 0 aliphatic heterocycles. The number of rotatable bonds is 4. The third kappa shape index (κ3) is 4.43. The molecule has 0 spiro atoms. The topological polar surface area (TPSA) is 142 Å². The van der Waals surface area contributed by atoms with Crippen LogP contribution in [0.3, 0.4) is 0 Å². The SMILES string of the molecule is Cc1cc(S(N)(=O)=O)c(C)cc1OC(C)C(=O)NC(N)=O. The molecule has 116 valence electrons. The molecule has 9 heteroatoms. The number of sulfonamides is 1. The smallest absolute Gasteiger partial charge is 0.318 e. The molecule has 0 aliphatic rings. The Hall–Kier alpha value is -2.13. The summed E-state index contributed by atoms with van der Waals surface area (Å²) in [6, 6.07) is 1.84. The Morgan fingerprint density at radius 1 is 1.24 bits per heavy atom. The summed E-state index contributed by atoms with van der Waals surface area (Å²) < 4.78 is 28.2. The Labute approximate surface area is 122 Å². The van der Waals surface area contributed by atoms with E-state index in [1.165, 1.54) is 19.1 Å². The minimum atomic E-state index is -3.83. The van der Waals surface area contributed by atoms with Crippen LogP contribution < -0.4 is 20.9 Å². The van der Waals surface area contributed by atoms with Gasteiger partial charge in [0, 0.05) is 0 Å². The van der Waals surface area contributed by atoms with Crippen LogP contribution in [-0.4, -0.2) is 26.5 Å². The predicted molar refractivity (Wildman–Crippen MR) is 75.1 cm³/mol. The van der Waals surface area contributed by atoms with E-state index in [4.69, 9.17) is 15.6 Å². The number of amides is 3. The second-order valence-corrected chi connectivity index (χ2v) is 6.07. The molecule has 1 atom stereocenters. The monoisotopic (exact) mass is 315 g/mol. The third-order valence-corrected chi connectivity index (χ3v) is 3.75. The Kier molecular flexibility index (Phi) is 4.92. The number of carbonyl (C=O) groups is 2. The van der Waals surface area contributed by atoms with E-state index < -0.39 is 28.1 Å². The standard InChI is InChI=1S/C12H17N3O5S/c1-6-5-10(21(14,18)19)7(2)4-9(6)20-8(3)11(16)15-12(13)17/h4-5,8H,1-3H3,(H2,14,18,19)(H3,13,15,16,17). The number of hydrogen-bond acceptors (Lipinski definition) is 5. The number of carbonyl (C=O) groups excluding carboxylic acids is 2. The Morgan fingerprint density at radius 2 is 1.81 bits per heavy atom. The number of ether oxygens (including phenoxy) is 1. The maximum atomic E-state index is 11.5. The second kappa shape index (κ2) is 6.10. The molecule has 1 unspecified atom stereocenters. The van der Waals surface area contributed by atoms with Gasteiger partial charge in [-0.2, -0.15) is 0 Å². The van der Waals surface area contributed by atoms with Crippen LogP contribution in [0.5, 0.6) is 5.75 Å². The van der Waals surface area contributed by atoms with Gasteiger partial charge in [0.15, 0.2) is 6.10 Å². The van der Waals surface area contributed by atoms with Crippen molar-refractivity contribution in [3.8, 4) is 5.75 Å². The van der Waals surface area contributed by atoms with Crippen molar-refractivity contribution in [2.24, 2.45) is 10.9 Å². The number of primary amides is 1. The number of aryl methyl sites for hydroxylation is 2. The molecule has 1 aromatic rings. The highest BCUT2D eigenvalue weighted by molar-refractivity contribution is 7.89. The van der Waals surface area contributed by atoms with Gasteiger partial charge in [-0.05, 0) is 44.0 Å².